The summed E-state index contributed by atoms with van der Waals surface area (Å²) in [6, 6.07) is 0. The van der Waals surface area contributed by atoms with Gasteiger partial charge in [-0.1, -0.05) is 0 Å². The normalized spacial score (nSPS) is 16.8. The van der Waals surface area contributed by atoms with E-state index in [1.165, 1.54) is 12.2 Å². The topological polar surface area (TPSA) is 109 Å². The molecule has 0 aromatic rings. The van der Waals surface area contributed by atoms with Gasteiger partial charge in [0, 0.05) is 31.7 Å². The smallest absolute Gasteiger partial charge is 1.00 e. The second-order valence-corrected chi connectivity index (χ2v) is 4.17. The fourth-order valence-electron chi connectivity index (χ4n) is 1.30. The summed E-state index contributed by atoms with van der Waals surface area (Å²) in [6.45, 7) is 3.28. The third-order valence-electron chi connectivity index (χ3n) is 2.51. The minimum atomic E-state index is -0.753. The third kappa shape index (κ3) is 5.97. The first kappa shape index (κ1) is 22.6. The minimum Gasteiger partial charge on any atom is -1.00 e. The zero-order valence-electron chi connectivity index (χ0n) is 13.4. The van der Waals surface area contributed by atoms with Gasteiger partial charge in [-0.15, -0.1) is 0 Å². The standard InChI is InChI=1S/C8H8O2.C6H4O4.B.Na.H/c1-5-3-8(10)6(2)4-7(5)9;7-3-1-4(8)6(10)2-5(3)9;;;/h3-4H,1-2H3;1-2,7,10H;;;/q;;;+1;-1. The van der Waals surface area contributed by atoms with Crippen molar-refractivity contribution in [3.63, 3.8) is 0 Å². The summed E-state index contributed by atoms with van der Waals surface area (Å²) in [5.74, 6) is -2.89. The molecule has 0 atom stereocenters. The molecule has 2 aliphatic carbocycles. The summed E-state index contributed by atoms with van der Waals surface area (Å²) in [6.07, 6.45) is 4.10. The van der Waals surface area contributed by atoms with Crippen molar-refractivity contribution in [3.05, 3.63) is 47.0 Å². The average Bonchev–Trinajstić information content (AvgIpc) is 2.35. The van der Waals surface area contributed by atoms with Crippen molar-refractivity contribution in [1.82, 2.24) is 0 Å². The molecule has 3 radical (unpaired) electrons. The van der Waals surface area contributed by atoms with Crippen molar-refractivity contribution in [2.75, 3.05) is 0 Å². The Bertz CT molecular complexity index is 534. The molecule has 22 heavy (non-hydrogen) atoms. The van der Waals surface area contributed by atoms with Crippen LogP contribution in [0.2, 0.25) is 0 Å². The number of hydrogen-bond donors (Lipinski definition) is 2. The maximum Gasteiger partial charge on any atom is 1.00 e. The molecule has 109 valence electrons. The maximum atomic E-state index is 10.9. The largest absolute Gasteiger partial charge is 1.00 e. The Kier molecular flexibility index (Phi) is 9.60. The van der Waals surface area contributed by atoms with Crippen molar-refractivity contribution in [3.8, 4) is 0 Å². The van der Waals surface area contributed by atoms with Gasteiger partial charge in [0.15, 0.2) is 23.1 Å². The predicted molar refractivity (Wildman–Crippen MR) is 75.8 cm³/mol. The maximum absolute atomic E-state index is 10.9. The van der Waals surface area contributed by atoms with Crippen LogP contribution in [0.4, 0.5) is 0 Å². The fourth-order valence-corrected chi connectivity index (χ4v) is 1.30. The number of carbonyl (C=O) groups excluding carboxylic acids is 4. The molecule has 0 saturated heterocycles. The van der Waals surface area contributed by atoms with Gasteiger partial charge in [0.05, 0.1) is 0 Å². The summed E-state index contributed by atoms with van der Waals surface area (Å²) in [4.78, 5) is 42.6. The van der Waals surface area contributed by atoms with E-state index in [1.54, 1.807) is 13.8 Å². The number of ketones is 4. The second-order valence-electron chi connectivity index (χ2n) is 4.17. The molecule has 0 amide bonds. The molecule has 2 rings (SSSR count). The van der Waals surface area contributed by atoms with Crippen LogP contribution >= 0.6 is 0 Å². The van der Waals surface area contributed by atoms with E-state index in [1.807, 2.05) is 0 Å². The SMILES string of the molecule is CC1=CC(=O)C(C)=CC1=O.O=C1C=C(O)C(=O)C=C1O.[B].[H-].[Na+]. The Morgan fingerprint density at radius 3 is 1.23 bits per heavy atom. The summed E-state index contributed by atoms with van der Waals surface area (Å²) >= 11 is 0. The van der Waals surface area contributed by atoms with Gasteiger partial charge in [0.1, 0.15) is 0 Å². The van der Waals surface area contributed by atoms with Crippen LogP contribution in [-0.4, -0.2) is 41.8 Å². The third-order valence-corrected chi connectivity index (χ3v) is 2.51. The molecule has 0 fully saturated rings. The van der Waals surface area contributed by atoms with Crippen molar-refractivity contribution in [1.29, 1.82) is 0 Å². The molecular formula is C14H13BNaO6. The van der Waals surface area contributed by atoms with Crippen molar-refractivity contribution < 1.29 is 60.4 Å². The molecule has 0 aliphatic heterocycles. The van der Waals surface area contributed by atoms with E-state index in [4.69, 9.17) is 10.2 Å². The summed E-state index contributed by atoms with van der Waals surface area (Å²) < 4.78 is 0. The molecule has 8 heteroatoms. The van der Waals surface area contributed by atoms with E-state index < -0.39 is 23.1 Å². The Labute approximate surface area is 152 Å². The first-order valence-electron chi connectivity index (χ1n) is 5.57. The molecule has 0 heterocycles. The van der Waals surface area contributed by atoms with E-state index in [-0.39, 0.29) is 51.0 Å². The Hall–Kier alpha value is -1.70. The molecule has 0 unspecified atom stereocenters. The van der Waals surface area contributed by atoms with Crippen LogP contribution in [0, 0.1) is 0 Å². The van der Waals surface area contributed by atoms with E-state index in [0.717, 1.165) is 0 Å². The minimum absolute atomic E-state index is 0. The van der Waals surface area contributed by atoms with Gasteiger partial charge in [-0.05, 0) is 26.0 Å². The van der Waals surface area contributed by atoms with E-state index >= 15 is 0 Å². The number of rotatable bonds is 0. The summed E-state index contributed by atoms with van der Waals surface area (Å²) in [5.41, 5.74) is 1.05. The van der Waals surface area contributed by atoms with Gasteiger partial charge in [-0.2, -0.15) is 0 Å². The van der Waals surface area contributed by atoms with Gasteiger partial charge in [-0.3, -0.25) is 19.2 Å². The predicted octanol–water partition coefficient (Wildman–Crippen LogP) is -2.21. The van der Waals surface area contributed by atoms with Crippen LogP contribution in [0.1, 0.15) is 15.3 Å². The molecule has 0 aromatic carbocycles. The summed E-state index contributed by atoms with van der Waals surface area (Å²) in [5, 5.41) is 17.2. The summed E-state index contributed by atoms with van der Waals surface area (Å²) in [7, 11) is 0. The van der Waals surface area contributed by atoms with Crippen LogP contribution in [0.25, 0.3) is 0 Å². The van der Waals surface area contributed by atoms with Crippen molar-refractivity contribution in [2.45, 2.75) is 13.8 Å². The second kappa shape index (κ2) is 9.35. The van der Waals surface area contributed by atoms with E-state index in [0.29, 0.717) is 23.3 Å². The molecule has 2 N–H and O–H groups in total. The van der Waals surface area contributed by atoms with Crippen molar-refractivity contribution >= 4 is 31.5 Å². The van der Waals surface area contributed by atoms with Gasteiger partial charge < -0.3 is 11.6 Å². The monoisotopic (exact) mass is 311 g/mol. The Morgan fingerprint density at radius 1 is 0.682 bits per heavy atom. The Balaban J connectivity index is -0.000000308. The van der Waals surface area contributed by atoms with Crippen LogP contribution in [0.3, 0.4) is 0 Å². The molecular weight excluding hydrogens is 298 g/mol. The van der Waals surface area contributed by atoms with E-state index in [2.05, 4.69) is 0 Å². The molecule has 0 spiro atoms. The van der Waals surface area contributed by atoms with E-state index in [9.17, 15) is 19.2 Å². The number of allylic oxidation sites excluding steroid dienone is 6. The van der Waals surface area contributed by atoms with Gasteiger partial charge >= 0.3 is 29.6 Å². The molecule has 0 saturated carbocycles. The van der Waals surface area contributed by atoms with Gasteiger partial charge in [-0.25, -0.2) is 0 Å². The molecule has 2 aliphatic rings. The average molecular weight is 311 g/mol. The number of aliphatic hydroxyl groups excluding tert-OH is 2. The Morgan fingerprint density at radius 2 is 0.955 bits per heavy atom. The zero-order valence-corrected chi connectivity index (χ0v) is 14.4. The van der Waals surface area contributed by atoms with Crippen molar-refractivity contribution in [2.24, 2.45) is 0 Å². The first-order valence-corrected chi connectivity index (χ1v) is 5.57. The zero-order chi connectivity index (χ0) is 15.4. The number of hydrogen-bond acceptors (Lipinski definition) is 6. The van der Waals surface area contributed by atoms with Crippen LogP contribution < -0.4 is 29.6 Å². The van der Waals surface area contributed by atoms with Crippen LogP contribution in [-0.2, 0) is 19.2 Å². The molecule has 6 nitrogen and oxygen atoms in total. The molecule has 0 aromatic heterocycles. The molecule has 0 bridgehead atoms. The van der Waals surface area contributed by atoms with Gasteiger partial charge in [0.2, 0.25) is 11.6 Å². The fraction of sp³-hybridized carbons (Fsp3) is 0.143. The quantitative estimate of drug-likeness (QED) is 0.388. The number of aliphatic hydroxyl groups is 2. The van der Waals surface area contributed by atoms with Crippen LogP contribution in [0.15, 0.2) is 47.0 Å². The van der Waals surface area contributed by atoms with Gasteiger partial charge in [0.25, 0.3) is 0 Å². The number of carbonyl (C=O) groups is 4. The first-order chi connectivity index (χ1) is 9.22. The van der Waals surface area contributed by atoms with Crippen LogP contribution in [0.5, 0.6) is 0 Å².